The van der Waals surface area contributed by atoms with Crippen LogP contribution < -0.4 is 20.1 Å². The molecule has 5 nitrogen and oxygen atoms in total. The van der Waals surface area contributed by atoms with Crippen molar-refractivity contribution >= 4 is 5.96 Å². The topological polar surface area (TPSA) is 54.9 Å². The summed E-state index contributed by atoms with van der Waals surface area (Å²) in [6.45, 7) is -0.0274. The number of halogens is 2. The van der Waals surface area contributed by atoms with E-state index in [9.17, 15) is 8.78 Å². The van der Waals surface area contributed by atoms with Crippen LogP contribution in [0.2, 0.25) is 0 Å². The Morgan fingerprint density at radius 3 is 2.72 bits per heavy atom. The van der Waals surface area contributed by atoms with E-state index >= 15 is 0 Å². The SMILES string of the molecule is CCCOc1ccc(CNC(=NC)NC2CCCC2)c(OC(F)F)c1. The van der Waals surface area contributed by atoms with Gasteiger partial charge in [-0.15, -0.1) is 0 Å². The highest BCUT2D eigenvalue weighted by Crippen LogP contribution is 2.26. The first-order valence-electron chi connectivity index (χ1n) is 8.80. The molecule has 0 aromatic heterocycles. The molecule has 0 heterocycles. The van der Waals surface area contributed by atoms with Crippen molar-refractivity contribution in [3.63, 3.8) is 0 Å². The lowest BCUT2D eigenvalue weighted by atomic mass is 10.2. The third-order valence-electron chi connectivity index (χ3n) is 4.09. The maximum absolute atomic E-state index is 12.7. The quantitative estimate of drug-likeness (QED) is 0.552. The number of aliphatic imine (C=N–C) groups is 1. The van der Waals surface area contributed by atoms with Gasteiger partial charge < -0.3 is 20.1 Å². The number of hydrogen-bond acceptors (Lipinski definition) is 3. The maximum atomic E-state index is 12.7. The summed E-state index contributed by atoms with van der Waals surface area (Å²) in [4.78, 5) is 4.20. The molecule has 0 radical (unpaired) electrons. The van der Waals surface area contributed by atoms with Crippen LogP contribution >= 0.6 is 0 Å². The van der Waals surface area contributed by atoms with Crippen molar-refractivity contribution in [2.24, 2.45) is 4.99 Å². The first-order chi connectivity index (χ1) is 12.1. The van der Waals surface area contributed by atoms with Crippen molar-refractivity contribution in [1.29, 1.82) is 0 Å². The van der Waals surface area contributed by atoms with Crippen LogP contribution in [0.25, 0.3) is 0 Å². The molecule has 1 aromatic rings. The minimum atomic E-state index is -2.88. The molecule has 1 fully saturated rings. The second-order valence-corrected chi connectivity index (χ2v) is 6.05. The van der Waals surface area contributed by atoms with E-state index in [0.717, 1.165) is 19.3 Å². The molecule has 0 bridgehead atoms. The van der Waals surface area contributed by atoms with Gasteiger partial charge in [-0.2, -0.15) is 8.78 Å². The van der Waals surface area contributed by atoms with Crippen molar-refractivity contribution in [3.8, 4) is 11.5 Å². The number of nitrogens with one attached hydrogen (secondary N) is 2. The maximum Gasteiger partial charge on any atom is 0.387 e. The summed E-state index contributed by atoms with van der Waals surface area (Å²) >= 11 is 0. The minimum Gasteiger partial charge on any atom is -0.493 e. The van der Waals surface area contributed by atoms with E-state index in [2.05, 4.69) is 20.4 Å². The van der Waals surface area contributed by atoms with Crippen LogP contribution in [-0.4, -0.2) is 32.3 Å². The van der Waals surface area contributed by atoms with E-state index < -0.39 is 6.61 Å². The predicted molar refractivity (Wildman–Crippen MR) is 94.5 cm³/mol. The van der Waals surface area contributed by atoms with E-state index in [1.807, 2.05) is 6.92 Å². The smallest absolute Gasteiger partial charge is 0.387 e. The van der Waals surface area contributed by atoms with E-state index in [4.69, 9.17) is 4.74 Å². The molecule has 0 atom stereocenters. The summed E-state index contributed by atoms with van der Waals surface area (Å²) < 4.78 is 35.5. The van der Waals surface area contributed by atoms with Gasteiger partial charge in [-0.05, 0) is 31.4 Å². The van der Waals surface area contributed by atoms with Gasteiger partial charge in [-0.3, -0.25) is 4.99 Å². The molecular weight excluding hydrogens is 328 g/mol. The monoisotopic (exact) mass is 355 g/mol. The van der Waals surface area contributed by atoms with Gasteiger partial charge in [0.2, 0.25) is 0 Å². The number of alkyl halides is 2. The summed E-state index contributed by atoms with van der Waals surface area (Å²) in [6, 6.07) is 5.43. The summed E-state index contributed by atoms with van der Waals surface area (Å²) in [6.07, 6.45) is 5.55. The lowest BCUT2D eigenvalue weighted by Crippen LogP contribution is -2.42. The molecule has 2 rings (SSSR count). The molecule has 0 spiro atoms. The average molecular weight is 355 g/mol. The molecule has 25 heavy (non-hydrogen) atoms. The fourth-order valence-electron chi connectivity index (χ4n) is 2.83. The molecule has 2 N–H and O–H groups in total. The number of benzene rings is 1. The third kappa shape index (κ3) is 6.40. The van der Waals surface area contributed by atoms with Crippen LogP contribution in [0.15, 0.2) is 23.2 Å². The molecule has 1 aliphatic rings. The number of guanidine groups is 1. The number of hydrogen-bond donors (Lipinski definition) is 2. The van der Waals surface area contributed by atoms with Gasteiger partial charge in [-0.25, -0.2) is 0 Å². The van der Waals surface area contributed by atoms with Gasteiger partial charge in [0.25, 0.3) is 0 Å². The molecule has 0 unspecified atom stereocenters. The molecule has 1 saturated carbocycles. The molecule has 0 aliphatic heterocycles. The fraction of sp³-hybridized carbons (Fsp3) is 0.611. The van der Waals surface area contributed by atoms with Crippen molar-refractivity contribution in [2.45, 2.75) is 58.2 Å². The molecule has 1 aliphatic carbocycles. The standard InChI is InChI=1S/C18H27F2N3O2/c1-3-10-24-15-9-8-13(16(11-15)25-17(19)20)12-22-18(21-2)23-14-6-4-5-7-14/h8-9,11,14,17H,3-7,10,12H2,1-2H3,(H2,21,22,23). The Balaban J connectivity index is 2.00. The molecule has 1 aromatic carbocycles. The van der Waals surface area contributed by atoms with Gasteiger partial charge in [0.15, 0.2) is 5.96 Å². The van der Waals surface area contributed by atoms with Gasteiger partial charge >= 0.3 is 6.61 Å². The van der Waals surface area contributed by atoms with Crippen LogP contribution in [0.3, 0.4) is 0 Å². The van der Waals surface area contributed by atoms with Crippen molar-refractivity contribution in [2.75, 3.05) is 13.7 Å². The Kier molecular flexibility index (Phi) is 7.76. The van der Waals surface area contributed by atoms with Gasteiger partial charge in [0.1, 0.15) is 11.5 Å². The fourth-order valence-corrected chi connectivity index (χ4v) is 2.83. The Morgan fingerprint density at radius 1 is 1.32 bits per heavy atom. The molecule has 7 heteroatoms. The second kappa shape index (κ2) is 10.1. The van der Waals surface area contributed by atoms with Crippen molar-refractivity contribution in [1.82, 2.24) is 10.6 Å². The Labute approximate surface area is 147 Å². The number of rotatable bonds is 8. The summed E-state index contributed by atoms with van der Waals surface area (Å²) in [5.41, 5.74) is 0.624. The summed E-state index contributed by atoms with van der Waals surface area (Å²) in [5, 5.41) is 6.52. The van der Waals surface area contributed by atoms with Crippen molar-refractivity contribution < 1.29 is 18.3 Å². The first-order valence-corrected chi connectivity index (χ1v) is 8.80. The van der Waals surface area contributed by atoms with E-state index in [0.29, 0.717) is 36.5 Å². The molecule has 140 valence electrons. The average Bonchev–Trinajstić information content (AvgIpc) is 3.10. The zero-order valence-corrected chi connectivity index (χ0v) is 14.9. The zero-order chi connectivity index (χ0) is 18.1. The highest BCUT2D eigenvalue weighted by atomic mass is 19.3. The third-order valence-corrected chi connectivity index (χ3v) is 4.09. The van der Waals surface area contributed by atoms with Gasteiger partial charge in [0, 0.05) is 31.3 Å². The normalized spacial score (nSPS) is 15.5. The molecule has 0 saturated heterocycles. The lowest BCUT2D eigenvalue weighted by molar-refractivity contribution is -0.0505. The highest BCUT2D eigenvalue weighted by molar-refractivity contribution is 5.80. The Hall–Kier alpha value is -2.05. The first kappa shape index (κ1) is 19.3. The molecular formula is C18H27F2N3O2. The van der Waals surface area contributed by atoms with E-state index in [-0.39, 0.29) is 5.75 Å². The summed E-state index contributed by atoms with van der Waals surface area (Å²) in [7, 11) is 1.70. The van der Waals surface area contributed by atoms with Crippen LogP contribution in [0.5, 0.6) is 11.5 Å². The predicted octanol–water partition coefficient (Wildman–Crippen LogP) is 3.68. The highest BCUT2D eigenvalue weighted by Gasteiger charge is 2.16. The van der Waals surface area contributed by atoms with Crippen LogP contribution in [0, 0.1) is 0 Å². The van der Waals surface area contributed by atoms with E-state index in [1.165, 1.54) is 18.9 Å². The van der Waals surface area contributed by atoms with E-state index in [1.54, 1.807) is 19.2 Å². The lowest BCUT2D eigenvalue weighted by Gasteiger charge is -2.18. The number of ether oxygens (including phenoxy) is 2. The largest absolute Gasteiger partial charge is 0.493 e. The van der Waals surface area contributed by atoms with Crippen molar-refractivity contribution in [3.05, 3.63) is 23.8 Å². The summed E-state index contributed by atoms with van der Waals surface area (Å²) in [5.74, 6) is 1.31. The Morgan fingerprint density at radius 2 is 2.08 bits per heavy atom. The number of nitrogens with zero attached hydrogens (tertiary/aromatic N) is 1. The van der Waals surface area contributed by atoms with Crippen LogP contribution in [0.4, 0.5) is 8.78 Å². The van der Waals surface area contributed by atoms with Crippen LogP contribution in [-0.2, 0) is 6.54 Å². The van der Waals surface area contributed by atoms with Gasteiger partial charge in [0.05, 0.1) is 6.61 Å². The second-order valence-electron chi connectivity index (χ2n) is 6.05. The Bertz CT molecular complexity index is 561. The minimum absolute atomic E-state index is 0.118. The zero-order valence-electron chi connectivity index (χ0n) is 14.9. The molecule has 0 amide bonds. The van der Waals surface area contributed by atoms with Gasteiger partial charge in [-0.1, -0.05) is 19.8 Å². The van der Waals surface area contributed by atoms with Crippen LogP contribution in [0.1, 0.15) is 44.6 Å².